The summed E-state index contributed by atoms with van der Waals surface area (Å²) in [5.41, 5.74) is -0.445. The number of benzene rings is 2. The highest BCUT2D eigenvalue weighted by molar-refractivity contribution is 6.00. The third kappa shape index (κ3) is 7.73. The number of halogens is 1. The lowest BCUT2D eigenvalue weighted by Gasteiger charge is -2.52. The van der Waals surface area contributed by atoms with Crippen LogP contribution in [-0.4, -0.2) is 81.6 Å². The molecule has 2 aliphatic heterocycles. The second-order valence-electron chi connectivity index (χ2n) is 12.7. The summed E-state index contributed by atoms with van der Waals surface area (Å²) in [5.74, 6) is 0.387. The third-order valence-electron chi connectivity index (χ3n) is 9.60. The Labute approximate surface area is 271 Å². The Morgan fingerprint density at radius 3 is 2.31 bits per heavy atom. The molecule has 1 saturated carbocycles. The number of ether oxygens (including phenoxy) is 1. The number of piperazine rings is 1. The average Bonchev–Trinajstić information content (AvgIpc) is 3.02. The molecule has 0 radical (unpaired) electrons. The number of phenolic OH excluding ortho intramolecular Hbond substituents is 1. The van der Waals surface area contributed by atoms with Gasteiger partial charge in [0.2, 0.25) is 11.8 Å². The number of phenols is 1. The molecule has 0 bridgehead atoms. The number of carbonyl (C=O) groups is 3. The first kappa shape index (κ1) is 34.5. The zero-order valence-corrected chi connectivity index (χ0v) is 27.2. The number of nitrogens with one attached hydrogen (secondary N) is 2. The molecule has 246 valence electrons. The molecule has 4 N–H and O–H groups in total. The van der Waals surface area contributed by atoms with Crippen LogP contribution >= 0.6 is 12.4 Å². The Morgan fingerprint density at radius 2 is 1.69 bits per heavy atom. The van der Waals surface area contributed by atoms with E-state index >= 15 is 0 Å². The van der Waals surface area contributed by atoms with Crippen molar-refractivity contribution in [3.63, 3.8) is 0 Å². The maximum Gasteiger partial charge on any atom is 0.254 e. The second-order valence-corrected chi connectivity index (χ2v) is 12.7. The lowest BCUT2D eigenvalue weighted by Crippen LogP contribution is -2.73. The SMILES string of the molecule is CCCCN1C(=O)[C@@H](CC2(O)CCCCC2)NC(=O)C12CCN(Cc1ccc(Oc3ccc(C(=O)NC)c(O)c3)cc1)CC2.Cl. The van der Waals surface area contributed by atoms with Gasteiger partial charge >= 0.3 is 0 Å². The number of carbonyl (C=O) groups excluding carboxylic acids is 3. The van der Waals surface area contributed by atoms with Gasteiger partial charge < -0.3 is 30.5 Å². The average molecular weight is 643 g/mol. The van der Waals surface area contributed by atoms with E-state index < -0.39 is 17.2 Å². The standard InChI is InChI=1S/C34H46N4O6.ClH/c1-3-4-18-38-31(41)28(22-33(43)14-6-5-7-15-33)36-32(42)34(38)16-19-37(20-17-34)23-24-8-10-25(11-9-24)44-26-12-13-27(29(39)21-26)30(40)35-2;/h8-13,21,28,39,43H,3-7,14-20,22-23H2,1-2H3,(H,35,40)(H,36,42);1H/t28-;/m1./s1. The molecule has 1 atom stereocenters. The van der Waals surface area contributed by atoms with Gasteiger partial charge in [0.15, 0.2) is 0 Å². The normalized spacial score (nSPS) is 21.1. The molecule has 2 heterocycles. The molecule has 2 saturated heterocycles. The maximum absolute atomic E-state index is 13.8. The van der Waals surface area contributed by atoms with Crippen molar-refractivity contribution in [2.75, 3.05) is 26.7 Å². The summed E-state index contributed by atoms with van der Waals surface area (Å²) in [6.07, 6.45) is 7.61. The van der Waals surface area contributed by atoms with Crippen LogP contribution in [-0.2, 0) is 16.1 Å². The first-order chi connectivity index (χ1) is 21.2. The Balaban J connectivity index is 0.00000461. The van der Waals surface area contributed by atoms with E-state index in [0.717, 1.165) is 37.7 Å². The van der Waals surface area contributed by atoms with Crippen molar-refractivity contribution in [3.8, 4) is 17.2 Å². The summed E-state index contributed by atoms with van der Waals surface area (Å²) >= 11 is 0. The van der Waals surface area contributed by atoms with Crippen LogP contribution in [0.2, 0.25) is 0 Å². The Morgan fingerprint density at radius 1 is 1.02 bits per heavy atom. The lowest BCUT2D eigenvalue weighted by atomic mass is 9.77. The number of likely N-dealkylation sites (tertiary alicyclic amines) is 1. The van der Waals surface area contributed by atoms with Crippen molar-refractivity contribution in [1.29, 1.82) is 0 Å². The van der Waals surface area contributed by atoms with Crippen LogP contribution in [0.15, 0.2) is 42.5 Å². The van der Waals surface area contributed by atoms with Gasteiger partial charge in [-0.15, -0.1) is 12.4 Å². The van der Waals surface area contributed by atoms with Crippen molar-refractivity contribution < 1.29 is 29.3 Å². The van der Waals surface area contributed by atoms with Gasteiger partial charge in [0, 0.05) is 45.7 Å². The van der Waals surface area contributed by atoms with Gasteiger partial charge in [0.05, 0.1) is 11.2 Å². The first-order valence-electron chi connectivity index (χ1n) is 16.1. The number of amides is 3. The molecule has 2 aromatic carbocycles. The van der Waals surface area contributed by atoms with E-state index in [0.29, 0.717) is 69.8 Å². The summed E-state index contributed by atoms with van der Waals surface area (Å²) in [5, 5.41) is 26.9. The predicted octanol–water partition coefficient (Wildman–Crippen LogP) is 4.51. The molecule has 10 nitrogen and oxygen atoms in total. The van der Waals surface area contributed by atoms with Crippen LogP contribution in [0, 0.1) is 0 Å². The van der Waals surface area contributed by atoms with E-state index in [4.69, 9.17) is 4.74 Å². The number of aromatic hydroxyl groups is 1. The van der Waals surface area contributed by atoms with Gasteiger partial charge in [0.1, 0.15) is 28.8 Å². The van der Waals surface area contributed by atoms with Gasteiger partial charge in [-0.25, -0.2) is 0 Å². The first-order valence-corrected chi connectivity index (χ1v) is 16.1. The number of rotatable bonds is 10. The molecule has 45 heavy (non-hydrogen) atoms. The molecule has 1 spiro atoms. The molecule has 0 aromatic heterocycles. The molecular formula is C34H47ClN4O6. The topological polar surface area (TPSA) is 131 Å². The smallest absolute Gasteiger partial charge is 0.254 e. The molecule has 2 aromatic rings. The number of hydrogen-bond donors (Lipinski definition) is 4. The fourth-order valence-electron chi connectivity index (χ4n) is 6.99. The van der Waals surface area contributed by atoms with Crippen molar-refractivity contribution >= 4 is 30.1 Å². The van der Waals surface area contributed by atoms with Gasteiger partial charge in [-0.05, 0) is 61.9 Å². The largest absolute Gasteiger partial charge is 0.507 e. The van der Waals surface area contributed by atoms with Crippen LogP contribution in [0.3, 0.4) is 0 Å². The van der Waals surface area contributed by atoms with Gasteiger partial charge in [-0.2, -0.15) is 0 Å². The second kappa shape index (κ2) is 14.8. The van der Waals surface area contributed by atoms with E-state index in [1.165, 1.54) is 19.2 Å². The van der Waals surface area contributed by atoms with Crippen LogP contribution in [0.25, 0.3) is 0 Å². The minimum absolute atomic E-state index is 0. The fourth-order valence-corrected chi connectivity index (χ4v) is 6.99. The number of nitrogens with zero attached hydrogens (tertiary/aromatic N) is 2. The predicted molar refractivity (Wildman–Crippen MR) is 174 cm³/mol. The number of unbranched alkanes of at least 4 members (excludes halogenated alkanes) is 1. The Bertz CT molecular complexity index is 1340. The summed E-state index contributed by atoms with van der Waals surface area (Å²) in [6, 6.07) is 11.6. The summed E-state index contributed by atoms with van der Waals surface area (Å²) in [4.78, 5) is 43.5. The molecule has 3 amide bonds. The number of hydrogen-bond acceptors (Lipinski definition) is 7. The summed E-state index contributed by atoms with van der Waals surface area (Å²) in [6.45, 7) is 4.74. The quantitative estimate of drug-likeness (QED) is 0.300. The minimum Gasteiger partial charge on any atom is -0.507 e. The van der Waals surface area contributed by atoms with Crippen LogP contribution in [0.5, 0.6) is 17.2 Å². The monoisotopic (exact) mass is 642 g/mol. The molecule has 0 unspecified atom stereocenters. The zero-order valence-electron chi connectivity index (χ0n) is 26.3. The third-order valence-corrected chi connectivity index (χ3v) is 9.60. The van der Waals surface area contributed by atoms with Crippen LogP contribution < -0.4 is 15.4 Å². The van der Waals surface area contributed by atoms with Crippen molar-refractivity contribution in [2.24, 2.45) is 0 Å². The lowest BCUT2D eigenvalue weighted by molar-refractivity contribution is -0.163. The van der Waals surface area contributed by atoms with E-state index in [9.17, 15) is 24.6 Å². The fraction of sp³-hybridized carbons (Fsp3) is 0.559. The van der Waals surface area contributed by atoms with Crippen molar-refractivity contribution in [1.82, 2.24) is 20.4 Å². The Hall–Kier alpha value is -3.34. The summed E-state index contributed by atoms with van der Waals surface area (Å²) < 4.78 is 5.87. The number of piperidine rings is 1. The zero-order chi connectivity index (χ0) is 31.3. The molecule has 3 aliphatic rings. The van der Waals surface area contributed by atoms with E-state index in [1.54, 1.807) is 6.07 Å². The number of aliphatic hydroxyl groups is 1. The van der Waals surface area contributed by atoms with E-state index in [1.807, 2.05) is 29.2 Å². The molecular weight excluding hydrogens is 596 g/mol. The van der Waals surface area contributed by atoms with Gasteiger partial charge in [0.25, 0.3) is 5.91 Å². The summed E-state index contributed by atoms with van der Waals surface area (Å²) in [7, 11) is 1.51. The molecule has 11 heteroatoms. The highest BCUT2D eigenvalue weighted by Crippen LogP contribution is 2.38. The molecule has 3 fully saturated rings. The molecule has 1 aliphatic carbocycles. The van der Waals surface area contributed by atoms with Crippen molar-refractivity contribution in [2.45, 2.75) is 94.9 Å². The van der Waals surface area contributed by atoms with Gasteiger partial charge in [-0.1, -0.05) is 44.7 Å². The van der Waals surface area contributed by atoms with Gasteiger partial charge in [-0.3, -0.25) is 19.3 Å². The van der Waals surface area contributed by atoms with Crippen LogP contribution in [0.4, 0.5) is 0 Å². The van der Waals surface area contributed by atoms with Crippen molar-refractivity contribution in [3.05, 3.63) is 53.6 Å². The van der Waals surface area contributed by atoms with Crippen LogP contribution in [0.1, 0.15) is 87.1 Å². The van der Waals surface area contributed by atoms with E-state index in [2.05, 4.69) is 22.5 Å². The highest BCUT2D eigenvalue weighted by atomic mass is 35.5. The molecule has 5 rings (SSSR count). The van der Waals surface area contributed by atoms with E-state index in [-0.39, 0.29) is 41.4 Å². The Kier molecular flexibility index (Phi) is 11.4. The maximum atomic E-state index is 13.8. The highest BCUT2D eigenvalue weighted by Gasteiger charge is 2.54. The minimum atomic E-state index is -0.879.